The van der Waals surface area contributed by atoms with Crippen LogP contribution in [0.15, 0.2) is 4.99 Å². The maximum atomic E-state index is 9.79. The van der Waals surface area contributed by atoms with Gasteiger partial charge in [-0.3, -0.25) is 0 Å². The van der Waals surface area contributed by atoms with Gasteiger partial charge in [-0.2, -0.15) is 0 Å². The topological polar surface area (TPSA) is 38.7 Å². The number of hydrogen-bond donors (Lipinski definition) is 0. The molecule has 37 valence electrons. The molecule has 0 saturated heterocycles. The van der Waals surface area contributed by atoms with Crippen LogP contribution in [0.3, 0.4) is 0 Å². The lowest BCUT2D eigenvalue weighted by molar-refractivity contribution is -0.109. The third-order valence-corrected chi connectivity index (χ3v) is 0.694. The molecular weight excluding hydrogens is 94.0 g/mol. The van der Waals surface area contributed by atoms with E-state index < -0.39 is 0 Å². The van der Waals surface area contributed by atoms with Crippen LogP contribution in [0, 0.1) is 0 Å². The van der Waals surface area contributed by atoms with E-state index in [0.717, 1.165) is 6.29 Å². The van der Waals surface area contributed by atoms with E-state index >= 15 is 0 Å². The lowest BCUT2D eigenvalue weighted by atomic mass is 10.4. The van der Waals surface area contributed by atoms with Gasteiger partial charge in [0.05, 0.1) is 0 Å². The average Bonchev–Trinajstić information content (AvgIpc) is 2.14. The molecule has 0 amide bonds. The van der Waals surface area contributed by atoms with Gasteiger partial charge in [0, 0.05) is 0 Å². The number of ether oxygens (including phenoxy) is 1. The molecular formula is C4H4NO2. The smallest absolute Gasteiger partial charge is 0.273 e. The van der Waals surface area contributed by atoms with Crippen LogP contribution < -0.4 is 0 Å². The van der Waals surface area contributed by atoms with Crippen LogP contribution in [0.25, 0.3) is 0 Å². The molecule has 3 heteroatoms. The van der Waals surface area contributed by atoms with Gasteiger partial charge in [0.2, 0.25) is 0 Å². The first-order valence-corrected chi connectivity index (χ1v) is 1.95. The van der Waals surface area contributed by atoms with E-state index in [0.29, 0.717) is 6.61 Å². The van der Waals surface area contributed by atoms with Crippen molar-refractivity contribution in [1.82, 2.24) is 0 Å². The molecule has 3 nitrogen and oxygen atoms in total. The van der Waals surface area contributed by atoms with Crippen molar-refractivity contribution in [2.75, 3.05) is 6.61 Å². The Kier molecular flexibility index (Phi) is 1.06. The van der Waals surface area contributed by atoms with Crippen molar-refractivity contribution in [2.24, 2.45) is 4.99 Å². The molecule has 0 bridgehead atoms. The highest BCUT2D eigenvalue weighted by molar-refractivity contribution is 5.64. The van der Waals surface area contributed by atoms with Gasteiger partial charge in [0.25, 0.3) is 6.40 Å². The number of carbonyl (C=O) groups is 1. The molecule has 1 aliphatic rings. The van der Waals surface area contributed by atoms with E-state index in [1.165, 1.54) is 0 Å². The van der Waals surface area contributed by atoms with Crippen molar-refractivity contribution in [3.05, 3.63) is 0 Å². The summed E-state index contributed by atoms with van der Waals surface area (Å²) in [5.74, 6) is 0. The van der Waals surface area contributed by atoms with Crippen LogP contribution >= 0.6 is 0 Å². The molecule has 1 aliphatic heterocycles. The van der Waals surface area contributed by atoms with Crippen molar-refractivity contribution in [1.29, 1.82) is 0 Å². The summed E-state index contributed by atoms with van der Waals surface area (Å²) < 4.78 is 4.50. The maximum Gasteiger partial charge on any atom is 0.273 e. The van der Waals surface area contributed by atoms with Gasteiger partial charge in [-0.1, -0.05) is 0 Å². The molecule has 0 fully saturated rings. The van der Waals surface area contributed by atoms with Crippen molar-refractivity contribution >= 4 is 12.7 Å². The van der Waals surface area contributed by atoms with Gasteiger partial charge in [0.15, 0.2) is 0 Å². The number of aldehydes is 1. The summed E-state index contributed by atoms with van der Waals surface area (Å²) in [5.41, 5.74) is 0. The highest BCUT2D eigenvalue weighted by Gasteiger charge is 2.08. The second kappa shape index (κ2) is 1.73. The first-order valence-electron chi connectivity index (χ1n) is 1.95. The van der Waals surface area contributed by atoms with Crippen molar-refractivity contribution in [3.63, 3.8) is 0 Å². The van der Waals surface area contributed by atoms with Crippen LogP contribution in [0.4, 0.5) is 0 Å². The minimum Gasteiger partial charge on any atom is -0.471 e. The van der Waals surface area contributed by atoms with E-state index in [-0.39, 0.29) is 6.04 Å². The number of hydrogen-bond acceptors (Lipinski definition) is 3. The molecule has 7 heavy (non-hydrogen) atoms. The highest BCUT2D eigenvalue weighted by Crippen LogP contribution is 1.92. The fourth-order valence-corrected chi connectivity index (χ4v) is 0.335. The number of aliphatic imine (C=N–C) groups is 1. The van der Waals surface area contributed by atoms with Crippen molar-refractivity contribution in [2.45, 2.75) is 6.04 Å². The predicted molar refractivity (Wildman–Crippen MR) is 23.2 cm³/mol. The molecule has 0 aromatic rings. The third kappa shape index (κ3) is 0.765. The quantitative estimate of drug-likeness (QED) is 0.414. The van der Waals surface area contributed by atoms with E-state index in [9.17, 15) is 4.79 Å². The molecule has 0 aromatic heterocycles. The Hall–Kier alpha value is -0.860. The lowest BCUT2D eigenvalue weighted by Crippen LogP contribution is -2.06. The molecule has 1 radical (unpaired) electrons. The Morgan fingerprint density at radius 2 is 2.86 bits per heavy atom. The molecule has 0 aliphatic carbocycles. The standard InChI is InChI=1S/C4H4NO2/c6-1-4-2-7-3-5-4/h1,4H,2H2. The average molecular weight is 98.1 g/mol. The predicted octanol–water partition coefficient (Wildman–Crippen LogP) is -0.511. The Morgan fingerprint density at radius 1 is 2.00 bits per heavy atom. The molecule has 1 heterocycles. The monoisotopic (exact) mass is 98.0 g/mol. The SMILES string of the molecule is O=CC1CO[C]=N1. The number of carbonyl (C=O) groups excluding carboxylic acids is 1. The summed E-state index contributed by atoms with van der Waals surface area (Å²) in [6.07, 6.45) is 2.95. The lowest BCUT2D eigenvalue weighted by Gasteiger charge is -1.87. The van der Waals surface area contributed by atoms with Gasteiger partial charge >= 0.3 is 0 Å². The molecule has 1 rings (SSSR count). The molecule has 1 unspecified atom stereocenters. The second-order valence-corrected chi connectivity index (χ2v) is 1.23. The van der Waals surface area contributed by atoms with Crippen LogP contribution in [-0.4, -0.2) is 25.3 Å². The maximum absolute atomic E-state index is 9.79. The van der Waals surface area contributed by atoms with Gasteiger partial charge in [-0.05, 0) is 0 Å². The normalized spacial score (nSPS) is 27.1. The molecule has 0 aromatic carbocycles. The largest absolute Gasteiger partial charge is 0.471 e. The van der Waals surface area contributed by atoms with E-state index in [1.54, 1.807) is 0 Å². The molecule has 0 spiro atoms. The van der Waals surface area contributed by atoms with E-state index in [4.69, 9.17) is 0 Å². The Bertz CT molecular complexity index is 99.9. The van der Waals surface area contributed by atoms with Gasteiger partial charge < -0.3 is 9.53 Å². The first kappa shape index (κ1) is 4.30. The third-order valence-electron chi connectivity index (χ3n) is 0.694. The van der Waals surface area contributed by atoms with Gasteiger partial charge in [-0.15, -0.1) is 0 Å². The van der Waals surface area contributed by atoms with Crippen LogP contribution in [-0.2, 0) is 9.53 Å². The minimum atomic E-state index is -0.292. The summed E-state index contributed by atoms with van der Waals surface area (Å²) in [6.45, 7) is 0.365. The molecule has 0 saturated carbocycles. The Morgan fingerprint density at radius 3 is 3.14 bits per heavy atom. The van der Waals surface area contributed by atoms with Gasteiger partial charge in [0.1, 0.15) is 18.9 Å². The zero-order chi connectivity index (χ0) is 5.11. The van der Waals surface area contributed by atoms with Crippen LogP contribution in [0.5, 0.6) is 0 Å². The van der Waals surface area contributed by atoms with Gasteiger partial charge in [-0.25, -0.2) is 4.99 Å². The summed E-state index contributed by atoms with van der Waals surface area (Å²) in [6, 6.07) is -0.292. The zero-order valence-electron chi connectivity index (χ0n) is 3.63. The van der Waals surface area contributed by atoms with Crippen molar-refractivity contribution in [3.8, 4) is 0 Å². The summed E-state index contributed by atoms with van der Waals surface area (Å²) in [7, 11) is 0. The zero-order valence-corrected chi connectivity index (χ0v) is 3.63. The fourth-order valence-electron chi connectivity index (χ4n) is 0.335. The second-order valence-electron chi connectivity index (χ2n) is 1.23. The summed E-state index contributed by atoms with van der Waals surface area (Å²) in [4.78, 5) is 13.3. The Balaban J connectivity index is 2.42. The van der Waals surface area contributed by atoms with E-state index in [2.05, 4.69) is 16.1 Å². The highest BCUT2D eigenvalue weighted by atomic mass is 16.5. The number of rotatable bonds is 1. The molecule has 0 N–H and O–H groups in total. The summed E-state index contributed by atoms with van der Waals surface area (Å²) in [5, 5.41) is 0. The van der Waals surface area contributed by atoms with Crippen molar-refractivity contribution < 1.29 is 9.53 Å². The first-order chi connectivity index (χ1) is 3.43. The minimum absolute atomic E-state index is 0.292. The van der Waals surface area contributed by atoms with Crippen LogP contribution in [0.2, 0.25) is 0 Å². The summed E-state index contributed by atoms with van der Waals surface area (Å²) >= 11 is 0. The molecule has 1 atom stereocenters. The number of nitrogens with zero attached hydrogens (tertiary/aromatic N) is 1. The van der Waals surface area contributed by atoms with Crippen LogP contribution in [0.1, 0.15) is 0 Å². The Labute approximate surface area is 41.0 Å². The van der Waals surface area contributed by atoms with E-state index in [1.807, 2.05) is 0 Å². The fraction of sp³-hybridized carbons (Fsp3) is 0.500.